The van der Waals surface area contributed by atoms with E-state index in [-0.39, 0.29) is 22.8 Å². The lowest BCUT2D eigenvalue weighted by Crippen LogP contribution is -2.31. The second kappa shape index (κ2) is 7.90. The number of carbonyl (C=O) groups excluding carboxylic acids is 1. The van der Waals surface area contributed by atoms with Crippen LogP contribution in [0, 0.1) is 5.92 Å². The highest BCUT2D eigenvalue weighted by molar-refractivity contribution is 7.89. The number of carbonyl (C=O) groups is 1. The van der Waals surface area contributed by atoms with Crippen molar-refractivity contribution in [2.45, 2.75) is 37.7 Å². The van der Waals surface area contributed by atoms with Crippen molar-refractivity contribution in [2.24, 2.45) is 5.92 Å². The Morgan fingerprint density at radius 2 is 2.00 bits per heavy atom. The minimum atomic E-state index is -3.52. The van der Waals surface area contributed by atoms with Crippen molar-refractivity contribution in [1.82, 2.24) is 10.0 Å². The highest BCUT2D eigenvalue weighted by atomic mass is 32.2. The fraction of sp³-hybridized carbons (Fsp3) is 0.562. The maximum atomic E-state index is 12.1. The average Bonchev–Trinajstić information content (AvgIpc) is 3.04. The normalized spacial score (nSPS) is 18.3. The largest absolute Gasteiger partial charge is 0.376 e. The number of hydrogen-bond donors (Lipinski definition) is 2. The fourth-order valence-corrected chi connectivity index (χ4v) is 3.47. The molecule has 7 heteroatoms. The molecule has 6 nitrogen and oxygen atoms in total. The summed E-state index contributed by atoms with van der Waals surface area (Å²) in [5.74, 6) is 0.00668. The van der Waals surface area contributed by atoms with Gasteiger partial charge in [0.1, 0.15) is 0 Å². The number of rotatable bonds is 7. The van der Waals surface area contributed by atoms with Crippen molar-refractivity contribution in [2.75, 3.05) is 19.7 Å². The number of hydrogen-bond acceptors (Lipinski definition) is 4. The molecule has 1 aromatic rings. The van der Waals surface area contributed by atoms with Gasteiger partial charge in [0.15, 0.2) is 0 Å². The quantitative estimate of drug-likeness (QED) is 0.788. The van der Waals surface area contributed by atoms with Crippen molar-refractivity contribution in [1.29, 1.82) is 0 Å². The first kappa shape index (κ1) is 17.9. The molecule has 1 amide bonds. The van der Waals surface area contributed by atoms with Gasteiger partial charge in [0.05, 0.1) is 11.0 Å². The Bertz CT molecular complexity index is 620. The maximum Gasteiger partial charge on any atom is 0.251 e. The molecule has 1 aliphatic heterocycles. The molecule has 0 radical (unpaired) electrons. The zero-order valence-electron chi connectivity index (χ0n) is 13.5. The van der Waals surface area contributed by atoms with E-state index >= 15 is 0 Å². The van der Waals surface area contributed by atoms with E-state index in [0.717, 1.165) is 19.4 Å². The minimum absolute atomic E-state index is 0.0823. The minimum Gasteiger partial charge on any atom is -0.376 e. The van der Waals surface area contributed by atoms with E-state index in [1.54, 1.807) is 0 Å². The summed E-state index contributed by atoms with van der Waals surface area (Å²) in [5.41, 5.74) is 0.436. The third-order valence-corrected chi connectivity index (χ3v) is 5.06. The van der Waals surface area contributed by atoms with E-state index in [0.29, 0.717) is 18.7 Å². The molecule has 128 valence electrons. The van der Waals surface area contributed by atoms with Gasteiger partial charge in [-0.1, -0.05) is 13.8 Å². The Labute approximate surface area is 137 Å². The number of benzene rings is 1. The van der Waals surface area contributed by atoms with Crippen LogP contribution in [0.4, 0.5) is 0 Å². The summed E-state index contributed by atoms with van der Waals surface area (Å²) in [6.45, 7) is 5.48. The maximum absolute atomic E-state index is 12.1. The molecule has 1 fully saturated rings. The molecule has 1 unspecified atom stereocenters. The van der Waals surface area contributed by atoms with Gasteiger partial charge in [-0.05, 0) is 43.0 Å². The molecular formula is C16H24N2O4S. The van der Waals surface area contributed by atoms with Crippen LogP contribution in [-0.2, 0) is 14.8 Å². The van der Waals surface area contributed by atoms with E-state index in [2.05, 4.69) is 10.0 Å². The van der Waals surface area contributed by atoms with E-state index in [1.165, 1.54) is 24.3 Å². The van der Waals surface area contributed by atoms with Crippen LogP contribution in [0.2, 0.25) is 0 Å². The van der Waals surface area contributed by atoms with Gasteiger partial charge >= 0.3 is 0 Å². The lowest BCUT2D eigenvalue weighted by molar-refractivity contribution is 0.0857. The predicted octanol–water partition coefficient (Wildman–Crippen LogP) is 1.53. The van der Waals surface area contributed by atoms with Gasteiger partial charge in [0, 0.05) is 25.3 Å². The monoisotopic (exact) mass is 340 g/mol. The third-order valence-electron chi connectivity index (χ3n) is 3.62. The van der Waals surface area contributed by atoms with Crippen molar-refractivity contribution in [3.05, 3.63) is 29.8 Å². The lowest BCUT2D eigenvalue weighted by atomic mass is 10.2. The van der Waals surface area contributed by atoms with Crippen LogP contribution in [0.15, 0.2) is 29.2 Å². The number of sulfonamides is 1. The fourth-order valence-electron chi connectivity index (χ4n) is 2.26. The van der Waals surface area contributed by atoms with Crippen LogP contribution in [0.3, 0.4) is 0 Å². The van der Waals surface area contributed by atoms with Crippen molar-refractivity contribution in [3.8, 4) is 0 Å². The Kier molecular flexibility index (Phi) is 6.15. The first-order chi connectivity index (χ1) is 10.9. The molecule has 0 saturated carbocycles. The lowest BCUT2D eigenvalue weighted by Gasteiger charge is -2.11. The summed E-state index contributed by atoms with van der Waals surface area (Å²) in [6, 6.07) is 5.94. The van der Waals surface area contributed by atoms with Gasteiger partial charge in [0.2, 0.25) is 10.0 Å². The zero-order valence-corrected chi connectivity index (χ0v) is 14.4. The molecule has 1 heterocycles. The van der Waals surface area contributed by atoms with Gasteiger partial charge in [-0.3, -0.25) is 4.79 Å². The Hall–Kier alpha value is -1.44. The van der Waals surface area contributed by atoms with E-state index in [1.807, 2.05) is 13.8 Å². The third kappa shape index (κ3) is 5.30. The van der Waals surface area contributed by atoms with Crippen LogP contribution in [0.1, 0.15) is 37.0 Å². The zero-order chi connectivity index (χ0) is 16.9. The molecule has 1 aromatic carbocycles. The van der Waals surface area contributed by atoms with Crippen molar-refractivity contribution in [3.63, 3.8) is 0 Å². The highest BCUT2D eigenvalue weighted by Crippen LogP contribution is 2.13. The van der Waals surface area contributed by atoms with Crippen LogP contribution in [0.25, 0.3) is 0 Å². The van der Waals surface area contributed by atoms with Gasteiger partial charge in [-0.25, -0.2) is 13.1 Å². The average molecular weight is 340 g/mol. The second-order valence-electron chi connectivity index (χ2n) is 6.12. The van der Waals surface area contributed by atoms with Gasteiger partial charge in [0.25, 0.3) is 5.91 Å². The molecule has 1 aliphatic rings. The summed E-state index contributed by atoms with van der Waals surface area (Å²) >= 11 is 0. The standard InChI is InChI=1S/C16H24N2O4S/c1-12(2)10-18-23(20,21)15-7-5-13(6-8-15)16(19)17-11-14-4-3-9-22-14/h5-8,12,14,18H,3-4,9-11H2,1-2H3,(H,17,19). The topological polar surface area (TPSA) is 84.5 Å². The number of ether oxygens (including phenoxy) is 1. The van der Waals surface area contributed by atoms with E-state index in [4.69, 9.17) is 4.74 Å². The predicted molar refractivity (Wildman–Crippen MR) is 87.8 cm³/mol. The Morgan fingerprint density at radius 1 is 1.30 bits per heavy atom. The molecule has 0 aliphatic carbocycles. The number of nitrogens with one attached hydrogen (secondary N) is 2. The Morgan fingerprint density at radius 3 is 2.57 bits per heavy atom. The van der Waals surface area contributed by atoms with E-state index in [9.17, 15) is 13.2 Å². The smallest absolute Gasteiger partial charge is 0.251 e. The summed E-state index contributed by atoms with van der Waals surface area (Å²) in [4.78, 5) is 12.2. The summed E-state index contributed by atoms with van der Waals surface area (Å²) in [5, 5.41) is 2.81. The van der Waals surface area contributed by atoms with E-state index < -0.39 is 10.0 Å². The molecule has 2 rings (SSSR count). The highest BCUT2D eigenvalue weighted by Gasteiger charge is 2.18. The van der Waals surface area contributed by atoms with Crippen LogP contribution < -0.4 is 10.0 Å². The van der Waals surface area contributed by atoms with Gasteiger partial charge in [-0.15, -0.1) is 0 Å². The molecule has 0 bridgehead atoms. The van der Waals surface area contributed by atoms with Crippen molar-refractivity contribution >= 4 is 15.9 Å². The molecule has 0 aromatic heterocycles. The molecular weight excluding hydrogens is 316 g/mol. The van der Waals surface area contributed by atoms with Gasteiger partial charge < -0.3 is 10.1 Å². The molecule has 0 spiro atoms. The van der Waals surface area contributed by atoms with Crippen LogP contribution in [-0.4, -0.2) is 40.1 Å². The second-order valence-corrected chi connectivity index (χ2v) is 7.88. The van der Waals surface area contributed by atoms with Crippen LogP contribution >= 0.6 is 0 Å². The molecule has 1 atom stereocenters. The molecule has 2 N–H and O–H groups in total. The Balaban J connectivity index is 1.94. The first-order valence-electron chi connectivity index (χ1n) is 7.88. The summed E-state index contributed by atoms with van der Waals surface area (Å²) in [6.07, 6.45) is 2.06. The summed E-state index contributed by atoms with van der Waals surface area (Å²) in [7, 11) is -3.52. The number of amides is 1. The van der Waals surface area contributed by atoms with Crippen molar-refractivity contribution < 1.29 is 17.9 Å². The summed E-state index contributed by atoms with van der Waals surface area (Å²) < 4.78 is 32.2. The molecule has 1 saturated heterocycles. The molecule has 23 heavy (non-hydrogen) atoms. The first-order valence-corrected chi connectivity index (χ1v) is 9.36. The van der Waals surface area contributed by atoms with Gasteiger partial charge in [-0.2, -0.15) is 0 Å². The van der Waals surface area contributed by atoms with Crippen LogP contribution in [0.5, 0.6) is 0 Å². The SMILES string of the molecule is CC(C)CNS(=O)(=O)c1ccc(C(=O)NCC2CCCO2)cc1.